The maximum atomic E-state index is 11.1. The van der Waals surface area contributed by atoms with Gasteiger partial charge in [-0.3, -0.25) is 0 Å². The van der Waals surface area contributed by atoms with E-state index < -0.39 is 11.9 Å². The zero-order valence-corrected chi connectivity index (χ0v) is 8.90. The first-order valence-corrected chi connectivity index (χ1v) is 4.65. The summed E-state index contributed by atoms with van der Waals surface area (Å²) in [5.41, 5.74) is 1.12. The van der Waals surface area contributed by atoms with Crippen molar-refractivity contribution in [2.45, 2.75) is 13.5 Å². The average molecular weight is 220 g/mol. The van der Waals surface area contributed by atoms with Gasteiger partial charge in [-0.25, -0.2) is 9.59 Å². The number of carboxylic acids is 1. The lowest BCUT2D eigenvalue weighted by Crippen LogP contribution is -2.05. The predicted molar refractivity (Wildman–Crippen MR) is 58.0 cm³/mol. The summed E-state index contributed by atoms with van der Waals surface area (Å²) in [5, 5.41) is 8.75. The van der Waals surface area contributed by atoms with Crippen LogP contribution in [0.25, 0.3) is 0 Å². The molecule has 0 radical (unpaired) electrons. The van der Waals surface area contributed by atoms with Gasteiger partial charge in [0.15, 0.2) is 0 Å². The van der Waals surface area contributed by atoms with E-state index in [1.807, 2.05) is 0 Å². The fraction of sp³-hybridized carbons (Fsp3) is 0.167. The minimum Gasteiger partial charge on any atom is -0.478 e. The van der Waals surface area contributed by atoms with E-state index in [2.05, 4.69) is 6.58 Å². The summed E-state index contributed by atoms with van der Waals surface area (Å²) in [6.07, 6.45) is 0. The molecule has 1 aromatic rings. The topological polar surface area (TPSA) is 63.6 Å². The molecule has 0 heterocycles. The van der Waals surface area contributed by atoms with Crippen LogP contribution in [-0.2, 0) is 16.1 Å². The van der Waals surface area contributed by atoms with Crippen LogP contribution in [0, 0.1) is 0 Å². The second kappa shape index (κ2) is 5.11. The van der Waals surface area contributed by atoms with Crippen molar-refractivity contribution in [3.8, 4) is 0 Å². The van der Waals surface area contributed by atoms with Crippen molar-refractivity contribution in [1.29, 1.82) is 0 Å². The normalized spacial score (nSPS) is 9.56. The van der Waals surface area contributed by atoms with Crippen molar-refractivity contribution < 1.29 is 19.4 Å². The number of aromatic carboxylic acids is 1. The molecule has 4 heteroatoms. The SMILES string of the molecule is C=C(C)C(=O)OCc1cccc(C(=O)O)c1. The van der Waals surface area contributed by atoms with Crippen molar-refractivity contribution in [2.75, 3.05) is 0 Å². The molecule has 4 nitrogen and oxygen atoms in total. The molecule has 0 saturated carbocycles. The Labute approximate surface area is 93.2 Å². The Hall–Kier alpha value is -2.10. The smallest absolute Gasteiger partial charge is 0.335 e. The van der Waals surface area contributed by atoms with Crippen molar-refractivity contribution in [2.24, 2.45) is 0 Å². The fourth-order valence-corrected chi connectivity index (χ4v) is 1.07. The van der Waals surface area contributed by atoms with Crippen LogP contribution in [0.5, 0.6) is 0 Å². The summed E-state index contributed by atoms with van der Waals surface area (Å²) in [5.74, 6) is -1.49. The molecule has 0 aromatic heterocycles. The first-order valence-electron chi connectivity index (χ1n) is 4.65. The number of rotatable bonds is 4. The van der Waals surface area contributed by atoms with E-state index in [4.69, 9.17) is 9.84 Å². The quantitative estimate of drug-likeness (QED) is 0.622. The largest absolute Gasteiger partial charge is 0.478 e. The number of benzene rings is 1. The Morgan fingerprint density at radius 2 is 2.12 bits per heavy atom. The minimum absolute atomic E-state index is 0.0484. The molecule has 0 fully saturated rings. The Balaban J connectivity index is 2.68. The summed E-state index contributed by atoms with van der Waals surface area (Å²) >= 11 is 0. The molecule has 1 rings (SSSR count). The number of hydrogen-bond acceptors (Lipinski definition) is 3. The third-order valence-electron chi connectivity index (χ3n) is 1.89. The summed E-state index contributed by atoms with van der Waals surface area (Å²) in [6.45, 7) is 5.04. The van der Waals surface area contributed by atoms with Crippen LogP contribution in [0.4, 0.5) is 0 Å². The van der Waals surface area contributed by atoms with Gasteiger partial charge in [0.2, 0.25) is 0 Å². The van der Waals surface area contributed by atoms with E-state index >= 15 is 0 Å². The van der Waals surface area contributed by atoms with E-state index in [0.717, 1.165) is 0 Å². The summed E-state index contributed by atoms with van der Waals surface area (Å²) in [4.78, 5) is 21.8. The molecule has 0 saturated heterocycles. The third-order valence-corrected chi connectivity index (χ3v) is 1.89. The number of carboxylic acid groups (broad SMARTS) is 1. The molecule has 1 N–H and O–H groups in total. The van der Waals surface area contributed by atoms with Crippen molar-refractivity contribution in [3.05, 3.63) is 47.5 Å². The number of ether oxygens (including phenoxy) is 1. The van der Waals surface area contributed by atoms with E-state index in [1.165, 1.54) is 12.1 Å². The Morgan fingerprint density at radius 1 is 1.44 bits per heavy atom. The highest BCUT2D eigenvalue weighted by Gasteiger charge is 2.06. The number of carbonyl (C=O) groups excluding carboxylic acids is 1. The standard InChI is InChI=1S/C12H12O4/c1-8(2)12(15)16-7-9-4-3-5-10(6-9)11(13)14/h3-6H,1,7H2,2H3,(H,13,14). The number of esters is 1. The Morgan fingerprint density at radius 3 is 2.69 bits per heavy atom. The van der Waals surface area contributed by atoms with E-state index in [9.17, 15) is 9.59 Å². The molecule has 0 atom stereocenters. The van der Waals surface area contributed by atoms with Gasteiger partial charge in [-0.2, -0.15) is 0 Å². The molecule has 1 aromatic carbocycles. The maximum Gasteiger partial charge on any atom is 0.335 e. The zero-order valence-electron chi connectivity index (χ0n) is 8.90. The second-order valence-electron chi connectivity index (χ2n) is 3.36. The van der Waals surface area contributed by atoms with Gasteiger partial charge in [0.1, 0.15) is 6.61 Å². The maximum absolute atomic E-state index is 11.1. The lowest BCUT2D eigenvalue weighted by Gasteiger charge is -2.04. The highest BCUT2D eigenvalue weighted by atomic mass is 16.5. The molecule has 0 bridgehead atoms. The zero-order chi connectivity index (χ0) is 12.1. The van der Waals surface area contributed by atoms with Gasteiger partial charge in [0, 0.05) is 5.57 Å². The van der Waals surface area contributed by atoms with Crippen LogP contribution in [0.2, 0.25) is 0 Å². The van der Waals surface area contributed by atoms with E-state index in [-0.39, 0.29) is 12.2 Å². The fourth-order valence-electron chi connectivity index (χ4n) is 1.07. The van der Waals surface area contributed by atoms with Gasteiger partial charge in [0.05, 0.1) is 5.56 Å². The Kier molecular flexibility index (Phi) is 3.83. The molecule has 0 spiro atoms. The van der Waals surface area contributed by atoms with Crippen molar-refractivity contribution in [1.82, 2.24) is 0 Å². The highest BCUT2D eigenvalue weighted by Crippen LogP contribution is 2.07. The molecule has 0 aliphatic heterocycles. The second-order valence-corrected chi connectivity index (χ2v) is 3.36. The molecule has 16 heavy (non-hydrogen) atoms. The molecule has 0 amide bonds. The van der Waals surface area contributed by atoms with Gasteiger partial charge < -0.3 is 9.84 Å². The summed E-state index contributed by atoms with van der Waals surface area (Å²) in [6, 6.07) is 6.24. The van der Waals surface area contributed by atoms with E-state index in [0.29, 0.717) is 11.1 Å². The van der Waals surface area contributed by atoms with Crippen molar-refractivity contribution in [3.63, 3.8) is 0 Å². The molecular weight excluding hydrogens is 208 g/mol. The van der Waals surface area contributed by atoms with Gasteiger partial charge in [-0.15, -0.1) is 0 Å². The average Bonchev–Trinajstić information content (AvgIpc) is 2.26. The van der Waals surface area contributed by atoms with Crippen LogP contribution < -0.4 is 0 Å². The minimum atomic E-state index is -1.01. The first kappa shape index (κ1) is 12.0. The lowest BCUT2D eigenvalue weighted by atomic mass is 10.1. The molecule has 0 aliphatic rings. The molecular formula is C12H12O4. The summed E-state index contributed by atoms with van der Waals surface area (Å²) in [7, 11) is 0. The van der Waals surface area contributed by atoms with Gasteiger partial charge in [-0.05, 0) is 24.6 Å². The van der Waals surface area contributed by atoms with Gasteiger partial charge >= 0.3 is 11.9 Å². The van der Waals surface area contributed by atoms with Crippen LogP contribution >= 0.6 is 0 Å². The van der Waals surface area contributed by atoms with Crippen LogP contribution in [-0.4, -0.2) is 17.0 Å². The number of carbonyl (C=O) groups is 2. The van der Waals surface area contributed by atoms with Gasteiger partial charge in [0.25, 0.3) is 0 Å². The molecule has 84 valence electrons. The first-order chi connectivity index (χ1) is 7.50. The van der Waals surface area contributed by atoms with Gasteiger partial charge in [-0.1, -0.05) is 18.7 Å². The van der Waals surface area contributed by atoms with Crippen LogP contribution in [0.3, 0.4) is 0 Å². The highest BCUT2D eigenvalue weighted by molar-refractivity contribution is 5.88. The van der Waals surface area contributed by atoms with E-state index in [1.54, 1.807) is 19.1 Å². The molecule has 0 aliphatic carbocycles. The lowest BCUT2D eigenvalue weighted by molar-refractivity contribution is -0.140. The number of hydrogen-bond donors (Lipinski definition) is 1. The third kappa shape index (κ3) is 3.24. The predicted octanol–water partition coefficient (Wildman–Crippen LogP) is 2.00. The van der Waals surface area contributed by atoms with Crippen LogP contribution in [0.1, 0.15) is 22.8 Å². The van der Waals surface area contributed by atoms with Crippen LogP contribution in [0.15, 0.2) is 36.4 Å². The van der Waals surface area contributed by atoms with Crippen molar-refractivity contribution >= 4 is 11.9 Å². The monoisotopic (exact) mass is 220 g/mol. The Bertz CT molecular complexity index is 434. The summed E-state index contributed by atoms with van der Waals surface area (Å²) < 4.78 is 4.89. The molecule has 0 unspecified atom stereocenters.